The first-order valence-electron chi connectivity index (χ1n) is 6.99. The first-order valence-corrected chi connectivity index (χ1v) is 8.84. The zero-order valence-electron chi connectivity index (χ0n) is 13.7. The van der Waals surface area contributed by atoms with Crippen molar-refractivity contribution in [3.05, 3.63) is 29.3 Å². The van der Waals surface area contributed by atoms with Crippen LogP contribution in [-0.4, -0.2) is 46.9 Å². The Bertz CT molecular complexity index is 628. The largest absolute Gasteiger partial charge is 0.383 e. The lowest BCUT2D eigenvalue weighted by Crippen LogP contribution is -2.44. The summed E-state index contributed by atoms with van der Waals surface area (Å²) in [5.41, 5.74) is 2.34. The molecule has 0 saturated heterocycles. The van der Waals surface area contributed by atoms with E-state index in [0.717, 1.165) is 21.7 Å². The van der Waals surface area contributed by atoms with Crippen LogP contribution in [0.1, 0.15) is 18.1 Å². The van der Waals surface area contributed by atoms with Gasteiger partial charge in [-0.1, -0.05) is 12.1 Å². The Morgan fingerprint density at radius 3 is 2.55 bits per heavy atom. The number of nitrogens with one attached hydrogen (secondary N) is 1. The van der Waals surface area contributed by atoms with Crippen LogP contribution in [-0.2, 0) is 19.6 Å². The molecule has 6 nitrogen and oxygen atoms in total. The number of rotatable bonds is 7. The monoisotopic (exact) mass is 328 g/mol. The van der Waals surface area contributed by atoms with Gasteiger partial charge in [0.1, 0.15) is 6.54 Å². The highest BCUT2D eigenvalue weighted by molar-refractivity contribution is 7.92. The van der Waals surface area contributed by atoms with Gasteiger partial charge in [0.2, 0.25) is 15.9 Å². The Kier molecular flexibility index (Phi) is 6.37. The second kappa shape index (κ2) is 7.60. The smallest absolute Gasteiger partial charge is 0.241 e. The average Bonchev–Trinajstić information content (AvgIpc) is 2.38. The van der Waals surface area contributed by atoms with Gasteiger partial charge in [-0.05, 0) is 38.0 Å². The first-order chi connectivity index (χ1) is 10.2. The Hall–Kier alpha value is -1.60. The Labute approximate surface area is 132 Å². The molecule has 0 aliphatic heterocycles. The van der Waals surface area contributed by atoms with Crippen LogP contribution in [0.4, 0.5) is 5.69 Å². The number of ether oxygens (including phenoxy) is 1. The van der Waals surface area contributed by atoms with Gasteiger partial charge in [-0.15, -0.1) is 0 Å². The van der Waals surface area contributed by atoms with Crippen LogP contribution in [0.3, 0.4) is 0 Å². The summed E-state index contributed by atoms with van der Waals surface area (Å²) in [6, 6.07) is 5.20. The van der Waals surface area contributed by atoms with Crippen LogP contribution < -0.4 is 9.62 Å². The number of amides is 1. The van der Waals surface area contributed by atoms with Crippen LogP contribution in [0, 0.1) is 13.8 Å². The van der Waals surface area contributed by atoms with E-state index in [0.29, 0.717) is 12.3 Å². The number of anilines is 1. The molecule has 0 spiro atoms. The van der Waals surface area contributed by atoms with E-state index in [-0.39, 0.29) is 18.5 Å². The summed E-state index contributed by atoms with van der Waals surface area (Å²) in [6.07, 6.45) is 1.10. The third kappa shape index (κ3) is 4.99. The Morgan fingerprint density at radius 1 is 1.36 bits per heavy atom. The molecule has 1 aromatic carbocycles. The number of sulfonamides is 1. The van der Waals surface area contributed by atoms with Crippen molar-refractivity contribution < 1.29 is 17.9 Å². The van der Waals surface area contributed by atoms with E-state index in [1.165, 1.54) is 0 Å². The summed E-state index contributed by atoms with van der Waals surface area (Å²) in [6.45, 7) is 5.66. The number of benzene rings is 1. The van der Waals surface area contributed by atoms with Crippen LogP contribution in [0.2, 0.25) is 0 Å². The minimum absolute atomic E-state index is 0.183. The SMILES string of the molecule is COC[C@@H](C)NC(=O)CN(c1cccc(C)c1C)S(C)(=O)=O. The van der Waals surface area contributed by atoms with Crippen molar-refractivity contribution in [2.45, 2.75) is 26.8 Å². The summed E-state index contributed by atoms with van der Waals surface area (Å²) in [4.78, 5) is 12.1. The van der Waals surface area contributed by atoms with Crippen molar-refractivity contribution >= 4 is 21.6 Å². The van der Waals surface area contributed by atoms with Gasteiger partial charge in [0.25, 0.3) is 0 Å². The van der Waals surface area contributed by atoms with E-state index in [2.05, 4.69) is 5.32 Å². The van der Waals surface area contributed by atoms with Crippen molar-refractivity contribution in [1.29, 1.82) is 0 Å². The highest BCUT2D eigenvalue weighted by atomic mass is 32.2. The summed E-state index contributed by atoms with van der Waals surface area (Å²) in [5, 5.41) is 2.72. The second-order valence-electron chi connectivity index (χ2n) is 5.41. The zero-order valence-corrected chi connectivity index (χ0v) is 14.5. The van der Waals surface area contributed by atoms with Crippen molar-refractivity contribution in [2.75, 3.05) is 30.8 Å². The first kappa shape index (κ1) is 18.4. The molecule has 22 heavy (non-hydrogen) atoms. The molecular formula is C15H24N2O4S. The van der Waals surface area contributed by atoms with Crippen molar-refractivity contribution in [2.24, 2.45) is 0 Å². The fourth-order valence-corrected chi connectivity index (χ4v) is 3.04. The maximum Gasteiger partial charge on any atom is 0.241 e. The molecule has 0 bridgehead atoms. The normalized spacial score (nSPS) is 12.8. The average molecular weight is 328 g/mol. The van der Waals surface area contributed by atoms with Gasteiger partial charge in [-0.3, -0.25) is 9.10 Å². The molecular weight excluding hydrogens is 304 g/mol. The molecule has 0 heterocycles. The molecule has 0 radical (unpaired) electrons. The third-order valence-corrected chi connectivity index (χ3v) is 4.48. The topological polar surface area (TPSA) is 75.7 Å². The number of carbonyl (C=O) groups is 1. The molecule has 0 saturated carbocycles. The lowest BCUT2D eigenvalue weighted by Gasteiger charge is -2.25. The molecule has 1 rings (SSSR count). The maximum absolute atomic E-state index is 12.1. The van der Waals surface area contributed by atoms with Gasteiger partial charge < -0.3 is 10.1 Å². The van der Waals surface area contributed by atoms with Gasteiger partial charge in [0.15, 0.2) is 0 Å². The molecule has 0 fully saturated rings. The minimum Gasteiger partial charge on any atom is -0.383 e. The zero-order chi connectivity index (χ0) is 16.9. The van der Waals surface area contributed by atoms with Crippen molar-refractivity contribution in [1.82, 2.24) is 5.32 Å². The molecule has 7 heteroatoms. The van der Waals surface area contributed by atoms with Gasteiger partial charge in [0.05, 0.1) is 18.6 Å². The van der Waals surface area contributed by atoms with E-state index in [1.54, 1.807) is 26.2 Å². The van der Waals surface area contributed by atoms with Gasteiger partial charge in [0, 0.05) is 13.2 Å². The fourth-order valence-electron chi connectivity index (χ4n) is 2.13. The molecule has 0 aliphatic carbocycles. The number of methoxy groups -OCH3 is 1. The van der Waals surface area contributed by atoms with Crippen molar-refractivity contribution in [3.8, 4) is 0 Å². The Balaban J connectivity index is 3.01. The molecule has 124 valence electrons. The van der Waals surface area contributed by atoms with Crippen molar-refractivity contribution in [3.63, 3.8) is 0 Å². The Morgan fingerprint density at radius 2 is 2.00 bits per heavy atom. The fraction of sp³-hybridized carbons (Fsp3) is 0.533. The minimum atomic E-state index is -3.56. The molecule has 0 unspecified atom stereocenters. The van der Waals surface area contributed by atoms with E-state index >= 15 is 0 Å². The van der Waals surface area contributed by atoms with E-state index in [1.807, 2.05) is 19.9 Å². The number of aryl methyl sites for hydroxylation is 1. The lowest BCUT2D eigenvalue weighted by atomic mass is 10.1. The molecule has 1 N–H and O–H groups in total. The number of hydrogen-bond acceptors (Lipinski definition) is 4. The highest BCUT2D eigenvalue weighted by Crippen LogP contribution is 2.24. The lowest BCUT2D eigenvalue weighted by molar-refractivity contribution is -0.120. The van der Waals surface area contributed by atoms with Crippen LogP contribution >= 0.6 is 0 Å². The van der Waals surface area contributed by atoms with Crippen LogP contribution in [0.25, 0.3) is 0 Å². The second-order valence-corrected chi connectivity index (χ2v) is 7.32. The predicted molar refractivity (Wildman–Crippen MR) is 87.6 cm³/mol. The summed E-state index contributed by atoms with van der Waals surface area (Å²) in [7, 11) is -2.02. The molecule has 1 atom stereocenters. The van der Waals surface area contributed by atoms with Crippen LogP contribution in [0.5, 0.6) is 0 Å². The van der Waals surface area contributed by atoms with Gasteiger partial charge >= 0.3 is 0 Å². The maximum atomic E-state index is 12.1. The number of nitrogens with zero attached hydrogens (tertiary/aromatic N) is 1. The van der Waals surface area contributed by atoms with Crippen LogP contribution in [0.15, 0.2) is 18.2 Å². The number of carbonyl (C=O) groups excluding carboxylic acids is 1. The summed E-state index contributed by atoms with van der Waals surface area (Å²) >= 11 is 0. The van der Waals surface area contributed by atoms with E-state index < -0.39 is 10.0 Å². The van der Waals surface area contributed by atoms with Gasteiger partial charge in [-0.25, -0.2) is 8.42 Å². The summed E-state index contributed by atoms with van der Waals surface area (Å²) < 4.78 is 30.2. The van der Waals surface area contributed by atoms with Gasteiger partial charge in [-0.2, -0.15) is 0 Å². The highest BCUT2D eigenvalue weighted by Gasteiger charge is 2.23. The molecule has 1 aromatic rings. The molecule has 0 aromatic heterocycles. The quantitative estimate of drug-likeness (QED) is 0.816. The van der Waals surface area contributed by atoms with E-state index in [9.17, 15) is 13.2 Å². The molecule has 0 aliphatic rings. The number of hydrogen-bond donors (Lipinski definition) is 1. The standard InChI is InChI=1S/C15H24N2O4S/c1-11-7-6-8-14(13(11)3)17(22(5,19)20)9-15(18)16-12(2)10-21-4/h6-8,12H,9-10H2,1-5H3,(H,16,18)/t12-/m1/s1. The molecule has 1 amide bonds. The third-order valence-electron chi connectivity index (χ3n) is 3.36. The summed E-state index contributed by atoms with van der Waals surface area (Å²) in [5.74, 6) is -0.365. The predicted octanol–water partition coefficient (Wildman–Crippen LogP) is 1.22. The van der Waals surface area contributed by atoms with E-state index in [4.69, 9.17) is 4.74 Å².